The molecule has 3 aromatic rings. The molecule has 1 atom stereocenters. The van der Waals surface area contributed by atoms with Crippen molar-refractivity contribution in [1.29, 1.82) is 0 Å². The van der Waals surface area contributed by atoms with E-state index < -0.39 is 0 Å². The molecule has 102 valence electrons. The minimum Gasteiger partial charge on any atom is -0.378 e. The lowest BCUT2D eigenvalue weighted by molar-refractivity contribution is 0.900. The molecule has 0 aliphatic heterocycles. The van der Waals surface area contributed by atoms with Crippen LogP contribution < -0.4 is 5.32 Å². The maximum absolute atomic E-state index is 5.92. The Bertz CT molecular complexity index is 751. The molecule has 0 aliphatic rings. The average molecular weight is 303 g/mol. The first-order valence-corrected chi connectivity index (χ1v) is 7.70. The Morgan fingerprint density at radius 1 is 1.25 bits per heavy atom. The number of hydrogen-bond acceptors (Lipinski definition) is 3. The van der Waals surface area contributed by atoms with Gasteiger partial charge in [0.15, 0.2) is 0 Å². The third-order valence-electron chi connectivity index (χ3n) is 3.38. The molecule has 0 aliphatic carbocycles. The van der Waals surface area contributed by atoms with Gasteiger partial charge < -0.3 is 5.32 Å². The van der Waals surface area contributed by atoms with Crippen LogP contribution in [-0.4, -0.2) is 4.98 Å². The highest BCUT2D eigenvalue weighted by Gasteiger charge is 2.14. The monoisotopic (exact) mass is 302 g/mol. The molecule has 0 amide bonds. The Morgan fingerprint density at radius 3 is 2.80 bits per heavy atom. The Labute approximate surface area is 127 Å². The Balaban J connectivity index is 1.92. The number of fused-ring (bicyclic) bond motifs is 1. The van der Waals surface area contributed by atoms with Gasteiger partial charge >= 0.3 is 0 Å². The molecule has 0 saturated heterocycles. The van der Waals surface area contributed by atoms with Crippen LogP contribution in [0.2, 0.25) is 5.15 Å². The van der Waals surface area contributed by atoms with Gasteiger partial charge in [0.2, 0.25) is 0 Å². The first-order valence-electron chi connectivity index (χ1n) is 6.51. The van der Waals surface area contributed by atoms with Crippen molar-refractivity contribution in [3.63, 3.8) is 0 Å². The molecule has 2 heterocycles. The molecule has 0 fully saturated rings. The van der Waals surface area contributed by atoms with Gasteiger partial charge in [-0.2, -0.15) is 0 Å². The SMILES string of the molecule is Cc1c(C(C)Nc2ccnc(Cl)c2)sc2ccccc12. The molecule has 20 heavy (non-hydrogen) atoms. The van der Waals surface area contributed by atoms with Crippen LogP contribution in [0.3, 0.4) is 0 Å². The molecule has 1 aromatic carbocycles. The molecule has 4 heteroatoms. The number of halogens is 1. The smallest absolute Gasteiger partial charge is 0.131 e. The van der Waals surface area contributed by atoms with Gasteiger partial charge in [0.25, 0.3) is 0 Å². The number of aryl methyl sites for hydroxylation is 1. The van der Waals surface area contributed by atoms with Crippen LogP contribution in [0.25, 0.3) is 10.1 Å². The number of aromatic nitrogens is 1. The zero-order valence-electron chi connectivity index (χ0n) is 11.4. The van der Waals surface area contributed by atoms with E-state index >= 15 is 0 Å². The minimum atomic E-state index is 0.242. The molecule has 1 N–H and O–H groups in total. The van der Waals surface area contributed by atoms with Gasteiger partial charge in [0, 0.05) is 21.5 Å². The quantitative estimate of drug-likeness (QED) is 0.652. The first-order chi connectivity index (χ1) is 9.65. The van der Waals surface area contributed by atoms with Crippen molar-refractivity contribution in [3.05, 3.63) is 58.2 Å². The second-order valence-corrected chi connectivity index (χ2v) is 6.29. The predicted molar refractivity (Wildman–Crippen MR) is 87.8 cm³/mol. The first kappa shape index (κ1) is 13.4. The number of rotatable bonds is 3. The second-order valence-electron chi connectivity index (χ2n) is 4.82. The Hall–Kier alpha value is -1.58. The average Bonchev–Trinajstić information content (AvgIpc) is 2.77. The second kappa shape index (κ2) is 5.43. The third-order valence-corrected chi connectivity index (χ3v) is 5.05. The van der Waals surface area contributed by atoms with Crippen LogP contribution in [0.4, 0.5) is 5.69 Å². The van der Waals surface area contributed by atoms with E-state index in [-0.39, 0.29) is 6.04 Å². The zero-order chi connectivity index (χ0) is 14.1. The fourth-order valence-corrected chi connectivity index (χ4v) is 3.80. The summed E-state index contributed by atoms with van der Waals surface area (Å²) in [4.78, 5) is 5.36. The number of benzene rings is 1. The number of thiophene rings is 1. The summed E-state index contributed by atoms with van der Waals surface area (Å²) in [6, 6.07) is 12.6. The van der Waals surface area contributed by atoms with Crippen molar-refractivity contribution in [2.45, 2.75) is 19.9 Å². The van der Waals surface area contributed by atoms with Crippen LogP contribution >= 0.6 is 22.9 Å². The van der Waals surface area contributed by atoms with Crippen molar-refractivity contribution in [3.8, 4) is 0 Å². The van der Waals surface area contributed by atoms with Crippen LogP contribution in [0.5, 0.6) is 0 Å². The summed E-state index contributed by atoms with van der Waals surface area (Å²) in [7, 11) is 0. The van der Waals surface area contributed by atoms with Crippen LogP contribution in [0.1, 0.15) is 23.4 Å². The fraction of sp³-hybridized carbons (Fsp3) is 0.188. The zero-order valence-corrected chi connectivity index (χ0v) is 12.9. The molecule has 2 nitrogen and oxygen atoms in total. The van der Waals surface area contributed by atoms with E-state index in [2.05, 4.69) is 48.4 Å². The number of nitrogens with one attached hydrogen (secondary N) is 1. The number of hydrogen-bond donors (Lipinski definition) is 1. The highest BCUT2D eigenvalue weighted by molar-refractivity contribution is 7.19. The molecule has 0 radical (unpaired) electrons. The van der Waals surface area contributed by atoms with Gasteiger partial charge in [-0.15, -0.1) is 11.3 Å². The van der Waals surface area contributed by atoms with Gasteiger partial charge in [0.05, 0.1) is 6.04 Å². The molecule has 0 spiro atoms. The molecule has 2 aromatic heterocycles. The van der Waals surface area contributed by atoms with Gasteiger partial charge in [-0.25, -0.2) is 4.98 Å². The van der Waals surface area contributed by atoms with Crippen molar-refractivity contribution < 1.29 is 0 Å². The van der Waals surface area contributed by atoms with Crippen LogP contribution in [-0.2, 0) is 0 Å². The number of pyridine rings is 1. The highest BCUT2D eigenvalue weighted by atomic mass is 35.5. The van der Waals surface area contributed by atoms with E-state index in [1.807, 2.05) is 23.5 Å². The predicted octanol–water partition coefficient (Wildman–Crippen LogP) is 5.43. The maximum Gasteiger partial charge on any atom is 0.131 e. The lowest BCUT2D eigenvalue weighted by atomic mass is 10.1. The van der Waals surface area contributed by atoms with E-state index in [0.717, 1.165) is 5.69 Å². The van der Waals surface area contributed by atoms with Crippen molar-refractivity contribution in [1.82, 2.24) is 4.98 Å². The van der Waals surface area contributed by atoms with E-state index in [1.165, 1.54) is 20.5 Å². The number of anilines is 1. The molecule has 0 saturated carbocycles. The van der Waals surface area contributed by atoms with Crippen molar-refractivity contribution in [2.24, 2.45) is 0 Å². The Morgan fingerprint density at radius 2 is 2.05 bits per heavy atom. The van der Waals surface area contributed by atoms with Crippen LogP contribution in [0.15, 0.2) is 42.6 Å². The van der Waals surface area contributed by atoms with Gasteiger partial charge in [-0.3, -0.25) is 0 Å². The van der Waals surface area contributed by atoms with Crippen molar-refractivity contribution >= 4 is 38.7 Å². The van der Waals surface area contributed by atoms with Crippen molar-refractivity contribution in [2.75, 3.05) is 5.32 Å². The van der Waals surface area contributed by atoms with Crippen LogP contribution in [0, 0.1) is 6.92 Å². The summed E-state index contributed by atoms with van der Waals surface area (Å²) >= 11 is 7.77. The van der Waals surface area contributed by atoms with Gasteiger partial charge in [-0.05, 0) is 43.0 Å². The lowest BCUT2D eigenvalue weighted by Crippen LogP contribution is -2.06. The van der Waals surface area contributed by atoms with E-state index in [9.17, 15) is 0 Å². The van der Waals surface area contributed by atoms with E-state index in [0.29, 0.717) is 5.15 Å². The molecular formula is C16H15ClN2S. The summed E-state index contributed by atoms with van der Waals surface area (Å²) < 4.78 is 1.33. The fourth-order valence-electron chi connectivity index (χ4n) is 2.41. The summed E-state index contributed by atoms with van der Waals surface area (Å²) in [5, 5.41) is 5.34. The minimum absolute atomic E-state index is 0.242. The summed E-state index contributed by atoms with van der Waals surface area (Å²) in [5.74, 6) is 0. The highest BCUT2D eigenvalue weighted by Crippen LogP contribution is 2.35. The summed E-state index contributed by atoms with van der Waals surface area (Å²) in [6.07, 6.45) is 1.72. The van der Waals surface area contributed by atoms with Gasteiger partial charge in [0.1, 0.15) is 5.15 Å². The number of nitrogens with zero attached hydrogens (tertiary/aromatic N) is 1. The third kappa shape index (κ3) is 2.51. The molecule has 1 unspecified atom stereocenters. The lowest BCUT2D eigenvalue weighted by Gasteiger charge is -2.15. The molecule has 3 rings (SSSR count). The normalized spacial score (nSPS) is 12.6. The topological polar surface area (TPSA) is 24.9 Å². The molecule has 0 bridgehead atoms. The largest absolute Gasteiger partial charge is 0.378 e. The maximum atomic E-state index is 5.92. The van der Waals surface area contributed by atoms with Gasteiger partial charge in [-0.1, -0.05) is 29.8 Å². The summed E-state index contributed by atoms with van der Waals surface area (Å²) in [6.45, 7) is 4.36. The standard InChI is InChI=1S/C16H15ClN2S/c1-10-13-5-3-4-6-14(13)20-16(10)11(2)19-12-7-8-18-15(17)9-12/h3-9,11H,1-2H3,(H,18,19). The summed E-state index contributed by atoms with van der Waals surface area (Å²) in [5.41, 5.74) is 2.35. The van der Waals surface area contributed by atoms with E-state index in [1.54, 1.807) is 6.20 Å². The molecular weight excluding hydrogens is 288 g/mol. The van der Waals surface area contributed by atoms with E-state index in [4.69, 9.17) is 11.6 Å². The Kier molecular flexibility index (Phi) is 3.64.